The van der Waals surface area contributed by atoms with Crippen LogP contribution < -0.4 is 5.73 Å². The number of aromatic nitrogens is 3. The van der Waals surface area contributed by atoms with Gasteiger partial charge in [-0.2, -0.15) is 0 Å². The zero-order valence-electron chi connectivity index (χ0n) is 7.70. The fourth-order valence-electron chi connectivity index (χ4n) is 1.26. The largest absolute Gasteiger partial charge is 0.318 e. The molecule has 4 N–H and O–H groups in total. The Morgan fingerprint density at radius 1 is 1.27 bits per heavy atom. The van der Waals surface area contributed by atoms with Crippen LogP contribution in [0.5, 0.6) is 0 Å². The number of rotatable bonds is 2. The molecule has 0 bridgehead atoms. The molecule has 0 aliphatic heterocycles. The Bertz CT molecular complexity index is 501. The summed E-state index contributed by atoms with van der Waals surface area (Å²) >= 11 is 10.6. The van der Waals surface area contributed by atoms with Crippen molar-refractivity contribution in [2.75, 3.05) is 0 Å². The van der Waals surface area contributed by atoms with E-state index in [1.165, 1.54) is 0 Å². The summed E-state index contributed by atoms with van der Waals surface area (Å²) in [6.07, 6.45) is 0. The van der Waals surface area contributed by atoms with Gasteiger partial charge in [0.25, 0.3) is 0 Å². The van der Waals surface area contributed by atoms with Gasteiger partial charge in [-0.3, -0.25) is 10.2 Å². The molecule has 2 aromatic rings. The maximum Gasteiger partial charge on any atom is 0.213 e. The summed E-state index contributed by atoms with van der Waals surface area (Å²) in [6, 6.07) is 6.97. The average Bonchev–Trinajstić information content (AvgIpc) is 2.65. The second-order valence-electron chi connectivity index (χ2n) is 3.08. The number of nitrogens with one attached hydrogen (secondary N) is 2. The molecule has 78 valence electrons. The maximum absolute atomic E-state index is 5.98. The molecular formula is C9H9ClN4S. The zero-order chi connectivity index (χ0) is 10.8. The van der Waals surface area contributed by atoms with Crippen LogP contribution in [0.4, 0.5) is 0 Å². The van der Waals surface area contributed by atoms with Crippen LogP contribution in [-0.2, 0) is 0 Å². The van der Waals surface area contributed by atoms with Gasteiger partial charge in [-0.05, 0) is 29.9 Å². The first kappa shape index (κ1) is 10.4. The Morgan fingerprint density at radius 2 is 1.93 bits per heavy atom. The van der Waals surface area contributed by atoms with Gasteiger partial charge in [-0.15, -0.1) is 0 Å². The van der Waals surface area contributed by atoms with E-state index >= 15 is 0 Å². The van der Waals surface area contributed by atoms with E-state index in [0.29, 0.717) is 15.6 Å². The van der Waals surface area contributed by atoms with E-state index < -0.39 is 0 Å². The van der Waals surface area contributed by atoms with E-state index in [4.69, 9.17) is 29.6 Å². The number of nitrogens with zero attached hydrogens (tertiary/aromatic N) is 1. The summed E-state index contributed by atoms with van der Waals surface area (Å²) in [5.74, 6) is 0.613. The van der Waals surface area contributed by atoms with Crippen molar-refractivity contribution in [1.82, 2.24) is 15.2 Å². The first-order valence-electron chi connectivity index (χ1n) is 4.32. The second-order valence-corrected chi connectivity index (χ2v) is 3.90. The lowest BCUT2D eigenvalue weighted by Crippen LogP contribution is -2.13. The summed E-state index contributed by atoms with van der Waals surface area (Å²) in [5, 5.41) is 6.20. The highest BCUT2D eigenvalue weighted by Gasteiger charge is 2.11. The summed E-state index contributed by atoms with van der Waals surface area (Å²) in [7, 11) is 0. The summed E-state index contributed by atoms with van der Waals surface area (Å²) in [4.78, 5) is 4.06. The molecule has 0 saturated carbocycles. The third-order valence-corrected chi connectivity index (χ3v) is 2.49. The van der Waals surface area contributed by atoms with Gasteiger partial charge >= 0.3 is 0 Å². The van der Waals surface area contributed by atoms with Crippen molar-refractivity contribution in [1.29, 1.82) is 0 Å². The minimum atomic E-state index is -0.324. The smallest absolute Gasteiger partial charge is 0.213 e. The van der Waals surface area contributed by atoms with E-state index in [1.807, 2.05) is 12.1 Å². The van der Waals surface area contributed by atoms with Crippen LogP contribution in [0.25, 0.3) is 0 Å². The molecule has 0 aliphatic rings. The standard InChI is InChI=1S/C9H9ClN4S/c10-6-3-1-5(2-4-6)7(11)8-12-9(15)14-13-8/h1-4,7H,11H2,(H2,12,13,14,15). The van der Waals surface area contributed by atoms with Gasteiger partial charge in [0.2, 0.25) is 4.77 Å². The molecule has 0 fully saturated rings. The lowest BCUT2D eigenvalue weighted by Gasteiger charge is -2.08. The number of hydrogen-bond donors (Lipinski definition) is 3. The SMILES string of the molecule is NC(c1ccc(Cl)cc1)c1nc(=S)[nH][nH]1. The van der Waals surface area contributed by atoms with Crippen molar-refractivity contribution in [2.45, 2.75) is 6.04 Å². The van der Waals surface area contributed by atoms with Gasteiger partial charge in [0.05, 0.1) is 6.04 Å². The van der Waals surface area contributed by atoms with Crippen molar-refractivity contribution in [3.8, 4) is 0 Å². The first-order chi connectivity index (χ1) is 7.16. The number of halogens is 1. The maximum atomic E-state index is 5.98. The molecule has 6 heteroatoms. The summed E-state index contributed by atoms with van der Waals surface area (Å²) in [6.45, 7) is 0. The third-order valence-electron chi connectivity index (χ3n) is 2.04. The molecule has 15 heavy (non-hydrogen) atoms. The number of benzene rings is 1. The quantitative estimate of drug-likeness (QED) is 0.705. The van der Waals surface area contributed by atoms with E-state index in [2.05, 4.69) is 15.2 Å². The number of nitrogens with two attached hydrogens (primary N) is 1. The highest BCUT2D eigenvalue weighted by atomic mass is 35.5. The van der Waals surface area contributed by atoms with Gasteiger partial charge in [0.15, 0.2) is 0 Å². The van der Waals surface area contributed by atoms with Crippen LogP contribution >= 0.6 is 23.8 Å². The molecule has 0 amide bonds. The van der Waals surface area contributed by atoms with Crippen LogP contribution in [0.1, 0.15) is 17.4 Å². The molecule has 2 rings (SSSR count). The van der Waals surface area contributed by atoms with Gasteiger partial charge in [0, 0.05) is 5.02 Å². The second kappa shape index (κ2) is 4.14. The van der Waals surface area contributed by atoms with E-state index in [0.717, 1.165) is 5.56 Å². The van der Waals surface area contributed by atoms with Gasteiger partial charge < -0.3 is 5.73 Å². The van der Waals surface area contributed by atoms with Crippen molar-refractivity contribution in [3.05, 3.63) is 45.4 Å². The van der Waals surface area contributed by atoms with Crippen LogP contribution in [-0.4, -0.2) is 15.2 Å². The third kappa shape index (κ3) is 2.26. The van der Waals surface area contributed by atoms with Crippen LogP contribution in [0, 0.1) is 4.77 Å². The Hall–Kier alpha value is -1.17. The van der Waals surface area contributed by atoms with Crippen LogP contribution in [0.15, 0.2) is 24.3 Å². The summed E-state index contributed by atoms with van der Waals surface area (Å²) < 4.78 is 0.398. The van der Waals surface area contributed by atoms with Gasteiger partial charge in [-0.1, -0.05) is 23.7 Å². The molecule has 1 atom stereocenters. The normalized spacial score (nSPS) is 12.7. The van der Waals surface area contributed by atoms with Crippen molar-refractivity contribution >= 4 is 23.8 Å². The average molecular weight is 241 g/mol. The molecule has 0 radical (unpaired) electrons. The highest BCUT2D eigenvalue weighted by Crippen LogP contribution is 2.18. The number of aromatic amines is 2. The molecule has 1 aromatic heterocycles. The monoisotopic (exact) mass is 240 g/mol. The molecular weight excluding hydrogens is 232 g/mol. The number of H-pyrrole nitrogens is 2. The van der Waals surface area contributed by atoms with E-state index in [1.54, 1.807) is 12.1 Å². The fourth-order valence-corrected chi connectivity index (χ4v) is 1.53. The van der Waals surface area contributed by atoms with E-state index in [9.17, 15) is 0 Å². The first-order valence-corrected chi connectivity index (χ1v) is 5.11. The van der Waals surface area contributed by atoms with E-state index in [-0.39, 0.29) is 6.04 Å². The molecule has 1 heterocycles. The molecule has 1 unspecified atom stereocenters. The predicted molar refractivity (Wildman–Crippen MR) is 61.3 cm³/mol. The summed E-state index contributed by atoms with van der Waals surface area (Å²) in [5.41, 5.74) is 6.90. The molecule has 0 saturated heterocycles. The Morgan fingerprint density at radius 3 is 2.47 bits per heavy atom. The van der Waals surface area contributed by atoms with Crippen LogP contribution in [0.3, 0.4) is 0 Å². The Labute approximate surface area is 96.5 Å². The molecule has 0 aliphatic carbocycles. The minimum absolute atomic E-state index is 0.324. The van der Waals surface area contributed by atoms with Crippen molar-refractivity contribution in [2.24, 2.45) is 5.73 Å². The number of hydrogen-bond acceptors (Lipinski definition) is 3. The predicted octanol–water partition coefficient (Wildman–Crippen LogP) is 2.17. The van der Waals surface area contributed by atoms with Crippen molar-refractivity contribution in [3.63, 3.8) is 0 Å². The topological polar surface area (TPSA) is 70.5 Å². The van der Waals surface area contributed by atoms with Gasteiger partial charge in [-0.25, -0.2) is 4.98 Å². The molecule has 1 aromatic carbocycles. The Balaban J connectivity index is 2.31. The zero-order valence-corrected chi connectivity index (χ0v) is 9.27. The molecule has 0 spiro atoms. The fraction of sp³-hybridized carbons (Fsp3) is 0.111. The lowest BCUT2D eigenvalue weighted by molar-refractivity contribution is 0.787. The van der Waals surface area contributed by atoms with Crippen molar-refractivity contribution < 1.29 is 0 Å². The Kier molecular flexibility index (Phi) is 2.86. The van der Waals surface area contributed by atoms with Gasteiger partial charge in [0.1, 0.15) is 5.82 Å². The highest BCUT2D eigenvalue weighted by molar-refractivity contribution is 7.71. The van der Waals surface area contributed by atoms with Crippen LogP contribution in [0.2, 0.25) is 5.02 Å². The molecule has 4 nitrogen and oxygen atoms in total. The minimum Gasteiger partial charge on any atom is -0.318 e. The lowest BCUT2D eigenvalue weighted by atomic mass is 10.1.